The molecule has 1 aliphatic rings. The van der Waals surface area contributed by atoms with Crippen LogP contribution in [0.1, 0.15) is 30.1 Å². The highest BCUT2D eigenvalue weighted by molar-refractivity contribution is 6.35. The summed E-state index contributed by atoms with van der Waals surface area (Å²) in [6, 6.07) is 11.0. The minimum absolute atomic E-state index is 0.0408. The molecule has 3 rings (SSSR count). The first-order chi connectivity index (χ1) is 15.8. The van der Waals surface area contributed by atoms with Gasteiger partial charge in [0.2, 0.25) is 5.91 Å². The summed E-state index contributed by atoms with van der Waals surface area (Å²) in [7, 11) is 0. The third-order valence-corrected chi connectivity index (χ3v) is 5.42. The van der Waals surface area contributed by atoms with Crippen LogP contribution in [0.25, 0.3) is 0 Å². The van der Waals surface area contributed by atoms with Gasteiger partial charge in [0.05, 0.1) is 28.8 Å². The number of carbonyl (C=O) groups excluding carboxylic acids is 4. The third kappa shape index (κ3) is 6.46. The van der Waals surface area contributed by atoms with Gasteiger partial charge < -0.3 is 19.7 Å². The predicted octanol–water partition coefficient (Wildman–Crippen LogP) is 4.10. The van der Waals surface area contributed by atoms with Gasteiger partial charge in [-0.1, -0.05) is 30.1 Å². The Kier molecular flexibility index (Phi) is 8.30. The van der Waals surface area contributed by atoms with Crippen LogP contribution in [0.3, 0.4) is 0 Å². The first-order valence-electron chi connectivity index (χ1n) is 10.3. The Balaban J connectivity index is 1.53. The van der Waals surface area contributed by atoms with Crippen molar-refractivity contribution in [2.75, 3.05) is 30.0 Å². The molecule has 1 heterocycles. The van der Waals surface area contributed by atoms with E-state index < -0.39 is 30.4 Å². The highest BCUT2D eigenvalue weighted by Gasteiger charge is 2.36. The van der Waals surface area contributed by atoms with Crippen LogP contribution in [0.15, 0.2) is 42.5 Å². The number of esters is 2. The lowest BCUT2D eigenvalue weighted by Crippen LogP contribution is -2.28. The van der Waals surface area contributed by atoms with Crippen LogP contribution in [0.2, 0.25) is 10.0 Å². The molecule has 0 saturated carbocycles. The molecule has 33 heavy (non-hydrogen) atoms. The van der Waals surface area contributed by atoms with Crippen LogP contribution in [0.4, 0.5) is 11.4 Å². The molecule has 1 saturated heterocycles. The van der Waals surface area contributed by atoms with Crippen LogP contribution in [0, 0.1) is 5.92 Å². The minimum Gasteiger partial charge on any atom is -0.462 e. The summed E-state index contributed by atoms with van der Waals surface area (Å²) in [6.07, 6.45) is 0.681. The minimum atomic E-state index is -0.714. The molecule has 0 spiro atoms. The molecule has 8 nitrogen and oxygen atoms in total. The third-order valence-electron chi connectivity index (χ3n) is 4.86. The molecule has 0 unspecified atom stereocenters. The first kappa shape index (κ1) is 24.5. The topological polar surface area (TPSA) is 102 Å². The Morgan fingerprint density at radius 2 is 1.82 bits per heavy atom. The number of carbonyl (C=O) groups is 4. The molecule has 10 heteroatoms. The average Bonchev–Trinajstić information content (AvgIpc) is 3.20. The molecule has 1 fully saturated rings. The van der Waals surface area contributed by atoms with Gasteiger partial charge in [-0.15, -0.1) is 0 Å². The van der Waals surface area contributed by atoms with E-state index >= 15 is 0 Å². The van der Waals surface area contributed by atoms with E-state index in [0.717, 1.165) is 6.42 Å². The average molecular weight is 493 g/mol. The summed E-state index contributed by atoms with van der Waals surface area (Å²) in [5.41, 5.74) is 1.23. The number of amides is 2. The molecule has 1 N–H and O–H groups in total. The lowest BCUT2D eigenvalue weighted by Gasteiger charge is -2.17. The fourth-order valence-corrected chi connectivity index (χ4v) is 3.54. The van der Waals surface area contributed by atoms with Crippen LogP contribution in [-0.4, -0.2) is 43.5 Å². The van der Waals surface area contributed by atoms with Crippen molar-refractivity contribution < 1.29 is 28.7 Å². The highest BCUT2D eigenvalue weighted by atomic mass is 35.5. The smallest absolute Gasteiger partial charge is 0.338 e. The monoisotopic (exact) mass is 492 g/mol. The second-order valence-electron chi connectivity index (χ2n) is 7.37. The Labute approximate surface area is 200 Å². The Morgan fingerprint density at radius 3 is 2.52 bits per heavy atom. The van der Waals surface area contributed by atoms with E-state index in [2.05, 4.69) is 5.32 Å². The number of benzene rings is 2. The number of hydrogen-bond donors (Lipinski definition) is 1. The van der Waals surface area contributed by atoms with E-state index in [-0.39, 0.29) is 18.9 Å². The van der Waals surface area contributed by atoms with E-state index in [0.29, 0.717) is 33.6 Å². The summed E-state index contributed by atoms with van der Waals surface area (Å²) in [4.78, 5) is 50.3. The lowest BCUT2D eigenvalue weighted by molar-refractivity contribution is -0.151. The Bertz CT molecular complexity index is 1060. The van der Waals surface area contributed by atoms with Gasteiger partial charge in [-0.25, -0.2) is 4.79 Å². The fourth-order valence-electron chi connectivity index (χ4n) is 3.20. The van der Waals surface area contributed by atoms with Crippen LogP contribution in [0.5, 0.6) is 0 Å². The SMILES string of the molecule is CCCOC(=O)c1ccc(N2C[C@@H](C(=O)OCC(=O)Nc3cc(Cl)ccc3Cl)CC2=O)cc1. The molecular weight excluding hydrogens is 471 g/mol. The number of ether oxygens (including phenoxy) is 2. The molecule has 174 valence electrons. The molecule has 2 aromatic carbocycles. The van der Waals surface area contributed by atoms with E-state index in [1.807, 2.05) is 6.92 Å². The van der Waals surface area contributed by atoms with Crippen LogP contribution < -0.4 is 10.2 Å². The molecule has 0 bridgehead atoms. The lowest BCUT2D eigenvalue weighted by atomic mass is 10.1. The van der Waals surface area contributed by atoms with Gasteiger partial charge >= 0.3 is 11.9 Å². The van der Waals surface area contributed by atoms with Gasteiger partial charge in [-0.3, -0.25) is 14.4 Å². The Morgan fingerprint density at radius 1 is 1.09 bits per heavy atom. The Hall–Kier alpha value is -3.10. The fraction of sp³-hybridized carbons (Fsp3) is 0.304. The maximum absolute atomic E-state index is 12.4. The van der Waals surface area contributed by atoms with Crippen molar-refractivity contribution in [2.45, 2.75) is 19.8 Å². The van der Waals surface area contributed by atoms with Gasteiger partial charge in [0.15, 0.2) is 6.61 Å². The van der Waals surface area contributed by atoms with Gasteiger partial charge in [0.1, 0.15) is 0 Å². The number of hydrogen-bond acceptors (Lipinski definition) is 6. The van der Waals surface area contributed by atoms with Gasteiger partial charge in [0, 0.05) is 23.7 Å². The number of anilines is 2. The number of rotatable bonds is 8. The van der Waals surface area contributed by atoms with Crippen molar-refractivity contribution in [3.8, 4) is 0 Å². The van der Waals surface area contributed by atoms with Crippen LogP contribution in [-0.2, 0) is 23.9 Å². The largest absolute Gasteiger partial charge is 0.462 e. The van der Waals surface area contributed by atoms with Crippen molar-refractivity contribution in [1.82, 2.24) is 0 Å². The maximum Gasteiger partial charge on any atom is 0.338 e. The molecule has 0 radical (unpaired) electrons. The van der Waals surface area contributed by atoms with Crippen molar-refractivity contribution in [3.05, 3.63) is 58.1 Å². The highest BCUT2D eigenvalue weighted by Crippen LogP contribution is 2.27. The van der Waals surface area contributed by atoms with Gasteiger partial charge in [0.25, 0.3) is 5.91 Å². The second kappa shape index (κ2) is 11.2. The van der Waals surface area contributed by atoms with E-state index in [1.54, 1.807) is 30.3 Å². The second-order valence-corrected chi connectivity index (χ2v) is 8.21. The number of halogens is 2. The summed E-state index contributed by atoms with van der Waals surface area (Å²) >= 11 is 11.9. The summed E-state index contributed by atoms with van der Waals surface area (Å²) in [5, 5.41) is 3.20. The molecule has 2 aromatic rings. The molecular formula is C23H22Cl2N2O6. The summed E-state index contributed by atoms with van der Waals surface area (Å²) < 4.78 is 10.2. The zero-order chi connectivity index (χ0) is 24.0. The van der Waals surface area contributed by atoms with Gasteiger partial charge in [-0.2, -0.15) is 0 Å². The van der Waals surface area contributed by atoms with Crippen molar-refractivity contribution in [3.63, 3.8) is 0 Å². The van der Waals surface area contributed by atoms with Crippen molar-refractivity contribution >= 4 is 58.3 Å². The first-order valence-corrected chi connectivity index (χ1v) is 11.0. The van der Waals surface area contributed by atoms with Crippen LogP contribution >= 0.6 is 23.2 Å². The van der Waals surface area contributed by atoms with E-state index in [1.165, 1.54) is 17.0 Å². The molecule has 2 amide bonds. The molecule has 1 atom stereocenters. The standard InChI is InChI=1S/C23H22Cl2N2O6/c1-2-9-32-22(30)14-3-6-17(7-4-14)27-12-15(10-21(27)29)23(31)33-13-20(28)26-19-11-16(24)5-8-18(19)25/h3-8,11,15H,2,9-10,12-13H2,1H3,(H,26,28)/t15-/m0/s1. The normalized spacial score (nSPS) is 15.3. The van der Waals surface area contributed by atoms with E-state index in [4.69, 9.17) is 32.7 Å². The molecule has 0 aromatic heterocycles. The van der Waals surface area contributed by atoms with Crippen molar-refractivity contribution in [1.29, 1.82) is 0 Å². The zero-order valence-electron chi connectivity index (χ0n) is 17.8. The summed E-state index contributed by atoms with van der Waals surface area (Å²) in [6.45, 7) is 1.82. The molecule has 0 aliphatic carbocycles. The maximum atomic E-state index is 12.4. The van der Waals surface area contributed by atoms with Gasteiger partial charge in [-0.05, 0) is 48.9 Å². The zero-order valence-corrected chi connectivity index (χ0v) is 19.3. The number of nitrogens with one attached hydrogen (secondary N) is 1. The predicted molar refractivity (Wildman–Crippen MR) is 124 cm³/mol. The quantitative estimate of drug-likeness (QED) is 0.556. The molecule has 1 aliphatic heterocycles. The number of nitrogens with zero attached hydrogens (tertiary/aromatic N) is 1. The van der Waals surface area contributed by atoms with E-state index in [9.17, 15) is 19.2 Å². The van der Waals surface area contributed by atoms with Crippen molar-refractivity contribution in [2.24, 2.45) is 5.92 Å². The summed E-state index contributed by atoms with van der Waals surface area (Å²) in [5.74, 6) is -2.64.